The van der Waals surface area contributed by atoms with Gasteiger partial charge in [0.2, 0.25) is 5.91 Å². The van der Waals surface area contributed by atoms with Gasteiger partial charge in [-0.1, -0.05) is 12.2 Å². The van der Waals surface area contributed by atoms with Gasteiger partial charge in [0.15, 0.2) is 0 Å². The average Bonchev–Trinajstić information content (AvgIpc) is 2.87. The summed E-state index contributed by atoms with van der Waals surface area (Å²) < 4.78 is 0. The topological polar surface area (TPSA) is 104 Å². The largest absolute Gasteiger partial charge is 0.481 e. The molecule has 0 spiro atoms. The maximum absolute atomic E-state index is 12.0. The smallest absolute Gasteiger partial charge is 0.325 e. The van der Waals surface area contributed by atoms with Crippen molar-refractivity contribution >= 4 is 17.8 Å². The van der Waals surface area contributed by atoms with Gasteiger partial charge in [-0.25, -0.2) is 0 Å². The van der Waals surface area contributed by atoms with Crippen molar-refractivity contribution in [2.24, 2.45) is 23.7 Å². The molecule has 6 heteroatoms. The van der Waals surface area contributed by atoms with Crippen LogP contribution in [0.15, 0.2) is 12.2 Å². The fraction of sp³-hybridized carbons (Fsp3) is 0.583. The molecule has 0 unspecified atom stereocenters. The molecule has 2 bridgehead atoms. The predicted molar refractivity (Wildman–Crippen MR) is 60.6 cm³/mol. The first-order valence-corrected chi connectivity index (χ1v) is 5.86. The minimum atomic E-state index is -1.13. The van der Waals surface area contributed by atoms with E-state index in [9.17, 15) is 14.4 Å². The number of hydrogen-bond donors (Lipinski definition) is 3. The highest BCUT2D eigenvalue weighted by Gasteiger charge is 2.51. The van der Waals surface area contributed by atoms with E-state index in [0.29, 0.717) is 6.42 Å². The third-order valence-electron chi connectivity index (χ3n) is 3.78. The molecule has 0 saturated heterocycles. The maximum atomic E-state index is 12.0. The number of rotatable bonds is 4. The second kappa shape index (κ2) is 4.44. The van der Waals surface area contributed by atoms with Crippen molar-refractivity contribution in [2.45, 2.75) is 19.4 Å². The molecule has 2 aliphatic rings. The Labute approximate surface area is 104 Å². The van der Waals surface area contributed by atoms with Crippen molar-refractivity contribution in [1.29, 1.82) is 0 Å². The molecule has 1 fully saturated rings. The van der Waals surface area contributed by atoms with Crippen LogP contribution >= 0.6 is 0 Å². The lowest BCUT2D eigenvalue weighted by Gasteiger charge is -2.24. The Bertz CT molecular complexity index is 430. The Hall–Kier alpha value is -1.85. The van der Waals surface area contributed by atoms with Gasteiger partial charge in [0.1, 0.15) is 6.04 Å². The summed E-state index contributed by atoms with van der Waals surface area (Å²) in [4.78, 5) is 33.9. The Morgan fingerprint density at radius 3 is 2.22 bits per heavy atom. The van der Waals surface area contributed by atoms with E-state index in [2.05, 4.69) is 5.32 Å². The van der Waals surface area contributed by atoms with E-state index in [4.69, 9.17) is 10.2 Å². The van der Waals surface area contributed by atoms with Crippen molar-refractivity contribution in [3.8, 4) is 0 Å². The number of carboxylic acids is 2. The van der Waals surface area contributed by atoms with Crippen molar-refractivity contribution in [2.75, 3.05) is 0 Å². The lowest BCUT2D eigenvalue weighted by molar-refractivity contribution is -0.148. The van der Waals surface area contributed by atoms with Gasteiger partial charge in [0, 0.05) is 0 Å². The molecule has 2 aliphatic carbocycles. The van der Waals surface area contributed by atoms with Crippen molar-refractivity contribution in [1.82, 2.24) is 5.32 Å². The summed E-state index contributed by atoms with van der Waals surface area (Å²) in [6, 6.07) is -1.00. The summed E-state index contributed by atoms with van der Waals surface area (Å²) >= 11 is 0. The SMILES string of the molecule is C[C@@H](NC(=O)[C@@H]1[C@@H](C(=O)O)[C@H]2C=C[C@H]1C2)C(=O)O. The number of aliphatic carboxylic acids is 2. The molecule has 0 aromatic heterocycles. The Morgan fingerprint density at radius 2 is 1.72 bits per heavy atom. The predicted octanol–water partition coefficient (Wildman–Crippen LogP) is 0.0986. The number of fused-ring (bicyclic) bond motifs is 2. The molecule has 1 amide bonds. The minimum absolute atomic E-state index is 0.0860. The number of nitrogens with one attached hydrogen (secondary N) is 1. The van der Waals surface area contributed by atoms with Gasteiger partial charge in [0.25, 0.3) is 0 Å². The first kappa shape index (κ1) is 12.6. The van der Waals surface area contributed by atoms with Crippen LogP contribution in [0.3, 0.4) is 0 Å². The van der Waals surface area contributed by atoms with Crippen molar-refractivity contribution in [3.63, 3.8) is 0 Å². The highest BCUT2D eigenvalue weighted by molar-refractivity contribution is 5.89. The van der Waals surface area contributed by atoms with Crippen LogP contribution in [-0.4, -0.2) is 34.1 Å². The standard InChI is InChI=1S/C12H15NO5/c1-5(11(15)16)13-10(14)8-6-2-3-7(4-6)9(8)12(17)18/h2-3,5-9H,4H2,1H3,(H,13,14)(H,15,16)(H,17,18)/t5-,6+,7+,8+,9+/m1/s1. The van der Waals surface area contributed by atoms with Crippen LogP contribution in [0.5, 0.6) is 0 Å². The number of carbonyl (C=O) groups excluding carboxylic acids is 1. The van der Waals surface area contributed by atoms with Gasteiger partial charge in [-0.2, -0.15) is 0 Å². The molecule has 0 aromatic carbocycles. The van der Waals surface area contributed by atoms with Crippen LogP contribution in [0.1, 0.15) is 13.3 Å². The van der Waals surface area contributed by atoms with Gasteiger partial charge in [-0.15, -0.1) is 0 Å². The lowest BCUT2D eigenvalue weighted by Crippen LogP contribution is -2.46. The highest BCUT2D eigenvalue weighted by atomic mass is 16.4. The Kier molecular flexibility index (Phi) is 3.11. The number of hydrogen-bond acceptors (Lipinski definition) is 3. The fourth-order valence-electron chi connectivity index (χ4n) is 2.89. The summed E-state index contributed by atoms with van der Waals surface area (Å²) in [5.41, 5.74) is 0. The highest BCUT2D eigenvalue weighted by Crippen LogP contribution is 2.48. The second-order valence-corrected chi connectivity index (χ2v) is 4.91. The molecule has 6 nitrogen and oxygen atoms in total. The third-order valence-corrected chi connectivity index (χ3v) is 3.78. The number of carbonyl (C=O) groups is 3. The zero-order chi connectivity index (χ0) is 13.4. The molecule has 1 saturated carbocycles. The van der Waals surface area contributed by atoms with E-state index in [-0.39, 0.29) is 11.8 Å². The van der Waals surface area contributed by atoms with Gasteiger partial charge in [-0.05, 0) is 25.2 Å². The zero-order valence-electron chi connectivity index (χ0n) is 9.87. The van der Waals surface area contributed by atoms with Crippen LogP contribution in [0, 0.1) is 23.7 Å². The molecule has 3 N–H and O–H groups in total. The van der Waals surface area contributed by atoms with Gasteiger partial charge < -0.3 is 15.5 Å². The summed E-state index contributed by atoms with van der Waals surface area (Å²) in [5, 5.41) is 20.3. The third kappa shape index (κ3) is 1.98. The molecule has 98 valence electrons. The molecule has 0 aliphatic heterocycles. The molecule has 0 heterocycles. The monoisotopic (exact) mass is 253 g/mol. The van der Waals surface area contributed by atoms with E-state index in [1.165, 1.54) is 6.92 Å². The van der Waals surface area contributed by atoms with E-state index < -0.39 is 35.7 Å². The molecular weight excluding hydrogens is 238 g/mol. The summed E-state index contributed by atoms with van der Waals surface area (Å²) in [6.45, 7) is 1.36. The quantitative estimate of drug-likeness (QED) is 0.616. The summed E-state index contributed by atoms with van der Waals surface area (Å²) in [6.07, 6.45) is 4.37. The Balaban J connectivity index is 2.12. The van der Waals surface area contributed by atoms with E-state index in [1.54, 1.807) is 0 Å². The first-order valence-electron chi connectivity index (χ1n) is 5.86. The van der Waals surface area contributed by atoms with Crippen molar-refractivity contribution < 1.29 is 24.6 Å². The lowest BCUT2D eigenvalue weighted by atomic mass is 9.82. The van der Waals surface area contributed by atoms with Gasteiger partial charge >= 0.3 is 11.9 Å². The molecular formula is C12H15NO5. The van der Waals surface area contributed by atoms with Crippen LogP contribution in [-0.2, 0) is 14.4 Å². The molecule has 18 heavy (non-hydrogen) atoms. The van der Waals surface area contributed by atoms with Crippen LogP contribution in [0.4, 0.5) is 0 Å². The van der Waals surface area contributed by atoms with Crippen LogP contribution < -0.4 is 5.32 Å². The van der Waals surface area contributed by atoms with Gasteiger partial charge in [0.05, 0.1) is 11.8 Å². The van der Waals surface area contributed by atoms with E-state index >= 15 is 0 Å². The number of allylic oxidation sites excluding steroid dienone is 2. The van der Waals surface area contributed by atoms with E-state index in [0.717, 1.165) is 0 Å². The van der Waals surface area contributed by atoms with Gasteiger partial charge in [-0.3, -0.25) is 14.4 Å². The molecule has 2 rings (SSSR count). The molecule has 0 aromatic rings. The van der Waals surface area contributed by atoms with Crippen molar-refractivity contribution in [3.05, 3.63) is 12.2 Å². The Morgan fingerprint density at radius 1 is 1.17 bits per heavy atom. The molecule has 0 radical (unpaired) electrons. The minimum Gasteiger partial charge on any atom is -0.481 e. The second-order valence-electron chi connectivity index (χ2n) is 4.91. The summed E-state index contributed by atoms with van der Waals surface area (Å²) in [7, 11) is 0. The normalized spacial score (nSPS) is 34.3. The van der Waals surface area contributed by atoms with Crippen LogP contribution in [0.2, 0.25) is 0 Å². The fourth-order valence-corrected chi connectivity index (χ4v) is 2.89. The maximum Gasteiger partial charge on any atom is 0.325 e. The zero-order valence-corrected chi connectivity index (χ0v) is 9.87. The number of amides is 1. The molecule has 5 atom stereocenters. The first-order chi connectivity index (χ1) is 8.41. The van der Waals surface area contributed by atoms with E-state index in [1.807, 2.05) is 12.2 Å². The van der Waals surface area contributed by atoms with Crippen LogP contribution in [0.25, 0.3) is 0 Å². The average molecular weight is 253 g/mol. The number of carboxylic acid groups (broad SMARTS) is 2. The summed E-state index contributed by atoms with van der Waals surface area (Å²) in [5.74, 6) is -4.18.